The molecule has 18 heteroatoms. The van der Waals surface area contributed by atoms with Crippen molar-refractivity contribution in [2.75, 3.05) is 36.0 Å². The Morgan fingerprint density at radius 3 is 2.36 bits per heavy atom. The summed E-state index contributed by atoms with van der Waals surface area (Å²) in [7, 11) is 1.78. The third kappa shape index (κ3) is 8.57. The first-order valence-corrected chi connectivity index (χ1v) is 24.3. The molecule has 5 aromatic rings. The first-order valence-electron chi connectivity index (χ1n) is 24.0. The van der Waals surface area contributed by atoms with Crippen LogP contribution in [0.3, 0.4) is 0 Å². The first kappa shape index (κ1) is 46.6. The molecule has 1 N–H and O–H groups in total. The second-order valence-electron chi connectivity index (χ2n) is 20.6. The van der Waals surface area contributed by atoms with E-state index in [-0.39, 0.29) is 47.8 Å². The van der Waals surface area contributed by atoms with Gasteiger partial charge in [-0.05, 0) is 73.9 Å². The predicted molar refractivity (Wildman–Crippen MR) is 256 cm³/mol. The van der Waals surface area contributed by atoms with Crippen LogP contribution in [0.2, 0.25) is 5.02 Å². The molecule has 15 nitrogen and oxygen atoms in total. The van der Waals surface area contributed by atoms with Crippen molar-refractivity contribution in [3.05, 3.63) is 93.7 Å². The van der Waals surface area contributed by atoms with E-state index >= 15 is 0 Å². The number of aromatic nitrogens is 6. The molecule has 0 radical (unpaired) electrons. The van der Waals surface area contributed by atoms with Crippen molar-refractivity contribution in [3.8, 4) is 22.9 Å². The van der Waals surface area contributed by atoms with Gasteiger partial charge in [-0.15, -0.1) is 0 Å². The lowest BCUT2D eigenvalue weighted by atomic mass is 9.49. The van der Waals surface area contributed by atoms with Gasteiger partial charge in [-0.1, -0.05) is 39.3 Å². The van der Waals surface area contributed by atoms with Crippen LogP contribution in [0.15, 0.2) is 55.1 Å². The van der Waals surface area contributed by atoms with Gasteiger partial charge < -0.3 is 29.5 Å². The number of anilines is 3. The molecule has 0 bridgehead atoms. The van der Waals surface area contributed by atoms with E-state index in [4.69, 9.17) is 26.2 Å². The van der Waals surface area contributed by atoms with Gasteiger partial charge in [0, 0.05) is 116 Å². The zero-order valence-electron chi connectivity index (χ0n) is 39.9. The number of nitrogens with zero attached hydrogens (tertiary/aromatic N) is 10. The average Bonchev–Trinajstić information content (AvgIpc) is 3.93. The number of nitriles is 1. The summed E-state index contributed by atoms with van der Waals surface area (Å²) >= 11 is 6.26. The number of amides is 2. The zero-order chi connectivity index (χ0) is 48.5. The summed E-state index contributed by atoms with van der Waals surface area (Å²) in [4.78, 5) is 41.3. The van der Waals surface area contributed by atoms with Crippen LogP contribution in [0.1, 0.15) is 117 Å². The van der Waals surface area contributed by atoms with Crippen molar-refractivity contribution in [2.24, 2.45) is 17.9 Å². The quantitative estimate of drug-likeness (QED) is 0.135. The Balaban J connectivity index is 0.753. The van der Waals surface area contributed by atoms with Crippen molar-refractivity contribution in [3.63, 3.8) is 0 Å². The molecular weight excluding hydrogens is 904 g/mol. The number of benzene rings is 2. The minimum Gasteiger partial charge on any atom is -0.489 e. The van der Waals surface area contributed by atoms with Crippen LogP contribution in [0.4, 0.5) is 26.2 Å². The van der Waals surface area contributed by atoms with Crippen molar-refractivity contribution >= 4 is 40.9 Å². The molecule has 3 aromatic heterocycles. The lowest BCUT2D eigenvalue weighted by Gasteiger charge is -2.63. The fourth-order valence-electron chi connectivity index (χ4n) is 11.9. The Bertz CT molecular complexity index is 2810. The van der Waals surface area contributed by atoms with Crippen molar-refractivity contribution in [2.45, 2.75) is 123 Å². The summed E-state index contributed by atoms with van der Waals surface area (Å²) in [5.74, 6) is 1.63. The number of ether oxygens (including phenoxy) is 2. The number of halogens is 3. The van der Waals surface area contributed by atoms with Gasteiger partial charge in [0.2, 0.25) is 11.9 Å². The van der Waals surface area contributed by atoms with Crippen LogP contribution in [-0.2, 0) is 36.0 Å². The highest BCUT2D eigenvalue weighted by molar-refractivity contribution is 6.31. The SMILES string of the molecule is CC(=O)N1CCc2c(c(N3CCCc4cc(-c5cnn(C)c5)c(C(F)F)cc43)nn2C2CCC(OC3CN(c4ncc(C(=O)NC5C(C)(C)C(Oc6ccc(C#N)c(Cl)c6)C5(C)C)cn4)C3)CC2)C1. The molecule has 3 fully saturated rings. The number of nitrogens with one attached hydrogen (secondary N) is 1. The van der Waals surface area contributed by atoms with Crippen molar-refractivity contribution in [1.29, 1.82) is 5.26 Å². The van der Waals surface area contributed by atoms with Gasteiger partial charge in [0.1, 0.15) is 17.9 Å². The lowest BCUT2D eigenvalue weighted by molar-refractivity contribution is -0.164. The number of hydrogen-bond donors (Lipinski definition) is 1. The van der Waals surface area contributed by atoms with Crippen LogP contribution >= 0.6 is 11.6 Å². The van der Waals surface area contributed by atoms with Crippen molar-refractivity contribution in [1.82, 2.24) is 39.7 Å². The van der Waals surface area contributed by atoms with Crippen LogP contribution in [0, 0.1) is 22.2 Å². The van der Waals surface area contributed by atoms with Crippen molar-refractivity contribution < 1.29 is 27.8 Å². The van der Waals surface area contributed by atoms with Gasteiger partial charge in [0.25, 0.3) is 12.3 Å². The zero-order valence-corrected chi connectivity index (χ0v) is 40.6. The van der Waals surface area contributed by atoms with E-state index in [0.717, 1.165) is 66.9 Å². The van der Waals surface area contributed by atoms with Gasteiger partial charge in [-0.3, -0.25) is 19.0 Å². The van der Waals surface area contributed by atoms with Gasteiger partial charge in [0.05, 0.1) is 47.1 Å². The van der Waals surface area contributed by atoms with E-state index in [2.05, 4.69) is 68.6 Å². The number of aryl methyl sites for hydroxylation is 2. The average molecular weight is 963 g/mol. The number of hydrogen-bond acceptors (Lipinski definition) is 11. The minimum atomic E-state index is -2.67. The highest BCUT2D eigenvalue weighted by Gasteiger charge is 2.64. The maximum atomic E-state index is 14.8. The maximum Gasteiger partial charge on any atom is 0.264 e. The van der Waals surface area contributed by atoms with Crippen LogP contribution in [0.5, 0.6) is 5.75 Å². The van der Waals surface area contributed by atoms with Gasteiger partial charge in [0.15, 0.2) is 5.82 Å². The van der Waals surface area contributed by atoms with Gasteiger partial charge in [-0.25, -0.2) is 18.7 Å². The molecule has 10 rings (SSSR count). The Hall–Kier alpha value is -6.12. The molecule has 2 aliphatic carbocycles. The molecule has 2 aromatic carbocycles. The number of alkyl halides is 2. The van der Waals surface area contributed by atoms with E-state index in [9.17, 15) is 23.6 Å². The first-order chi connectivity index (χ1) is 33.0. The Morgan fingerprint density at radius 1 is 0.971 bits per heavy atom. The molecule has 69 heavy (non-hydrogen) atoms. The van der Waals surface area contributed by atoms with E-state index < -0.39 is 17.3 Å². The van der Waals surface area contributed by atoms with E-state index in [1.54, 1.807) is 67.7 Å². The standard InChI is InChI=1S/C51H58ClF2N11O4/c1-29(66)62-17-15-42-40(28-62)45(64-16-7-8-30-18-38(33-24-58-61(6)25-33)39(44(53)54)20-43(30)64)60-65(42)34-10-13-35(14-11-34)68-37-26-63(27-37)49-56-22-32(23-57-49)46(67)59-47-50(2,3)48(51(47,4)5)69-36-12-9-31(21-55)41(52)19-36/h9,12,18-20,22-25,34-35,37,44,47-48H,7-8,10-11,13-17,26-28H2,1-6H3,(H,59,67). The smallest absolute Gasteiger partial charge is 0.264 e. The summed E-state index contributed by atoms with van der Waals surface area (Å²) in [6.07, 6.45) is 9.58. The molecule has 5 aliphatic rings. The number of carbonyl (C=O) groups excluding carboxylic acids is 2. The molecule has 2 saturated carbocycles. The van der Waals surface area contributed by atoms with Crippen LogP contribution in [-0.4, -0.2) is 96.8 Å². The van der Waals surface area contributed by atoms with Crippen LogP contribution in [0.25, 0.3) is 11.1 Å². The second kappa shape index (κ2) is 18.0. The molecule has 0 spiro atoms. The lowest BCUT2D eigenvalue weighted by Crippen LogP contribution is -2.74. The van der Waals surface area contributed by atoms with Gasteiger partial charge in [-0.2, -0.15) is 15.5 Å². The highest BCUT2D eigenvalue weighted by Crippen LogP contribution is 2.56. The molecule has 6 heterocycles. The van der Waals surface area contributed by atoms with E-state index in [1.165, 1.54) is 0 Å². The van der Waals surface area contributed by atoms with Crippen LogP contribution < -0.4 is 19.9 Å². The van der Waals surface area contributed by atoms with Gasteiger partial charge >= 0.3 is 0 Å². The summed E-state index contributed by atoms with van der Waals surface area (Å²) in [6.45, 7) is 12.8. The van der Waals surface area contributed by atoms with E-state index in [1.807, 2.05) is 11.0 Å². The Labute approximate surface area is 405 Å². The minimum absolute atomic E-state index is 0.00555. The third-order valence-corrected chi connectivity index (χ3v) is 15.5. The highest BCUT2D eigenvalue weighted by atomic mass is 35.5. The normalized spacial score (nSPS) is 22.8. The topological polar surface area (TPSA) is 160 Å². The molecule has 1 saturated heterocycles. The summed E-state index contributed by atoms with van der Waals surface area (Å²) < 4.78 is 46.3. The summed E-state index contributed by atoms with van der Waals surface area (Å²) in [5, 5.41) is 22.4. The Kier molecular flexibility index (Phi) is 12.2. The summed E-state index contributed by atoms with van der Waals surface area (Å²) in [5.41, 5.74) is 4.95. The monoisotopic (exact) mass is 961 g/mol. The molecule has 0 unspecified atom stereocenters. The molecule has 362 valence electrons. The number of fused-ring (bicyclic) bond motifs is 2. The number of rotatable bonds is 11. The molecule has 3 aliphatic heterocycles. The molecule has 2 amide bonds. The fourth-order valence-corrected chi connectivity index (χ4v) is 12.1. The Morgan fingerprint density at radius 2 is 1.71 bits per heavy atom. The van der Waals surface area contributed by atoms with E-state index in [0.29, 0.717) is 78.1 Å². The second-order valence-corrected chi connectivity index (χ2v) is 21.0. The molecular formula is C51H58ClF2N11O4. The number of carbonyl (C=O) groups is 2. The maximum absolute atomic E-state index is 14.8. The third-order valence-electron chi connectivity index (χ3n) is 15.2. The fraction of sp³-hybridized carbons (Fsp3) is 0.510. The molecule has 0 atom stereocenters. The summed E-state index contributed by atoms with van der Waals surface area (Å²) in [6, 6.07) is 10.6. The largest absolute Gasteiger partial charge is 0.489 e. The predicted octanol–water partition coefficient (Wildman–Crippen LogP) is 8.53.